The minimum absolute atomic E-state index is 0.251. The van der Waals surface area contributed by atoms with Crippen LogP contribution in [-0.2, 0) is 0 Å². The first-order chi connectivity index (χ1) is 8.63. The van der Waals surface area contributed by atoms with Crippen LogP contribution < -0.4 is 0 Å². The molecule has 0 amide bonds. The molecule has 0 N–H and O–H groups in total. The summed E-state index contributed by atoms with van der Waals surface area (Å²) in [5, 5.41) is 0. The van der Waals surface area contributed by atoms with Gasteiger partial charge in [-0.25, -0.2) is 0 Å². The molecule has 0 aliphatic heterocycles. The standard InChI is InChI=1S/C16H21BrO/c1-3-12-7-9-13(10-8-12)16(18)14-5-4-6-15(17)11(14)2/h4-6,12-13H,3,7-10H2,1-2H3. The highest BCUT2D eigenvalue weighted by molar-refractivity contribution is 9.10. The van der Waals surface area contributed by atoms with Crippen LogP contribution in [0.25, 0.3) is 0 Å². The van der Waals surface area contributed by atoms with Gasteiger partial charge in [-0.1, -0.05) is 41.4 Å². The number of hydrogen-bond donors (Lipinski definition) is 0. The summed E-state index contributed by atoms with van der Waals surface area (Å²) in [4.78, 5) is 12.5. The molecule has 0 heterocycles. The van der Waals surface area contributed by atoms with E-state index in [0.29, 0.717) is 5.78 Å². The van der Waals surface area contributed by atoms with Crippen molar-refractivity contribution in [1.29, 1.82) is 0 Å². The van der Waals surface area contributed by atoms with Crippen LogP contribution in [0.15, 0.2) is 22.7 Å². The highest BCUT2D eigenvalue weighted by Crippen LogP contribution is 2.33. The molecule has 2 rings (SSSR count). The van der Waals surface area contributed by atoms with E-state index in [4.69, 9.17) is 0 Å². The molecule has 0 unspecified atom stereocenters. The Bertz CT molecular complexity index is 431. The van der Waals surface area contributed by atoms with Gasteiger partial charge in [0.1, 0.15) is 0 Å². The van der Waals surface area contributed by atoms with Crippen molar-refractivity contribution in [3.8, 4) is 0 Å². The van der Waals surface area contributed by atoms with Crippen LogP contribution >= 0.6 is 15.9 Å². The van der Waals surface area contributed by atoms with Crippen LogP contribution in [0, 0.1) is 18.8 Å². The van der Waals surface area contributed by atoms with Gasteiger partial charge in [-0.15, -0.1) is 0 Å². The zero-order chi connectivity index (χ0) is 13.1. The van der Waals surface area contributed by atoms with Crippen molar-refractivity contribution in [3.63, 3.8) is 0 Å². The Kier molecular flexibility index (Phi) is 4.60. The summed E-state index contributed by atoms with van der Waals surface area (Å²) < 4.78 is 1.04. The van der Waals surface area contributed by atoms with Crippen LogP contribution in [0.3, 0.4) is 0 Å². The Labute approximate surface area is 118 Å². The number of hydrogen-bond acceptors (Lipinski definition) is 1. The van der Waals surface area contributed by atoms with Crippen molar-refractivity contribution in [2.75, 3.05) is 0 Å². The molecule has 0 saturated heterocycles. The number of ketones is 1. The number of rotatable bonds is 3. The van der Waals surface area contributed by atoms with Gasteiger partial charge in [0, 0.05) is 16.0 Å². The first-order valence-corrected chi connectivity index (χ1v) is 7.72. The fraction of sp³-hybridized carbons (Fsp3) is 0.562. The number of carbonyl (C=O) groups is 1. The van der Waals surface area contributed by atoms with Crippen molar-refractivity contribution in [2.24, 2.45) is 11.8 Å². The van der Waals surface area contributed by atoms with Gasteiger partial charge in [-0.2, -0.15) is 0 Å². The van der Waals surface area contributed by atoms with Gasteiger partial charge in [0.15, 0.2) is 5.78 Å². The lowest BCUT2D eigenvalue weighted by Gasteiger charge is -2.27. The Morgan fingerprint density at radius 2 is 1.94 bits per heavy atom. The second-order valence-corrected chi connectivity index (χ2v) is 6.26. The topological polar surface area (TPSA) is 17.1 Å². The second kappa shape index (κ2) is 6.01. The summed E-state index contributed by atoms with van der Waals surface area (Å²) in [6.07, 6.45) is 5.85. The van der Waals surface area contributed by atoms with Gasteiger partial charge < -0.3 is 0 Å². The summed E-state index contributed by atoms with van der Waals surface area (Å²) in [6.45, 7) is 4.28. The maximum absolute atomic E-state index is 12.5. The van der Waals surface area contributed by atoms with E-state index in [1.165, 1.54) is 19.3 Å². The first kappa shape index (κ1) is 13.8. The molecule has 1 aromatic carbocycles. The highest BCUT2D eigenvalue weighted by Gasteiger charge is 2.27. The molecule has 98 valence electrons. The summed E-state index contributed by atoms with van der Waals surface area (Å²) in [6, 6.07) is 5.93. The predicted octanol–water partition coefficient (Wildman–Crippen LogP) is 5.16. The molecule has 1 nitrogen and oxygen atoms in total. The van der Waals surface area contributed by atoms with E-state index in [1.54, 1.807) is 0 Å². The molecular weight excluding hydrogens is 288 g/mol. The van der Waals surface area contributed by atoms with Crippen molar-refractivity contribution < 1.29 is 4.79 Å². The Morgan fingerprint density at radius 1 is 1.28 bits per heavy atom. The van der Waals surface area contributed by atoms with Gasteiger partial charge in [-0.3, -0.25) is 4.79 Å². The lowest BCUT2D eigenvalue weighted by molar-refractivity contribution is 0.0870. The normalized spacial score (nSPS) is 23.9. The van der Waals surface area contributed by atoms with Crippen molar-refractivity contribution in [1.82, 2.24) is 0 Å². The predicted molar refractivity (Wildman–Crippen MR) is 78.9 cm³/mol. The molecule has 1 fully saturated rings. The van der Waals surface area contributed by atoms with Crippen LogP contribution in [0.2, 0.25) is 0 Å². The van der Waals surface area contributed by atoms with Crippen LogP contribution in [0.5, 0.6) is 0 Å². The largest absolute Gasteiger partial charge is 0.294 e. The van der Waals surface area contributed by atoms with E-state index in [1.807, 2.05) is 25.1 Å². The zero-order valence-corrected chi connectivity index (χ0v) is 12.8. The molecule has 0 bridgehead atoms. The van der Waals surface area contributed by atoms with E-state index in [9.17, 15) is 4.79 Å². The Balaban J connectivity index is 2.10. The fourth-order valence-electron chi connectivity index (χ4n) is 2.93. The number of benzene rings is 1. The molecule has 1 aromatic rings. The van der Waals surface area contributed by atoms with Crippen LogP contribution in [-0.4, -0.2) is 5.78 Å². The van der Waals surface area contributed by atoms with E-state index < -0.39 is 0 Å². The van der Waals surface area contributed by atoms with Gasteiger partial charge in [0.05, 0.1) is 0 Å². The van der Waals surface area contributed by atoms with Gasteiger partial charge >= 0.3 is 0 Å². The van der Waals surface area contributed by atoms with Gasteiger partial charge in [0.25, 0.3) is 0 Å². The fourth-order valence-corrected chi connectivity index (χ4v) is 3.29. The summed E-state index contributed by atoms with van der Waals surface area (Å²) >= 11 is 3.51. The summed E-state index contributed by atoms with van der Waals surface area (Å²) in [5.41, 5.74) is 1.99. The third kappa shape index (κ3) is 2.85. The van der Waals surface area contributed by atoms with Crippen molar-refractivity contribution in [3.05, 3.63) is 33.8 Å². The third-order valence-electron chi connectivity index (χ3n) is 4.33. The molecule has 1 aliphatic rings. The van der Waals surface area contributed by atoms with E-state index in [0.717, 1.165) is 34.4 Å². The SMILES string of the molecule is CCC1CCC(C(=O)c2cccc(Br)c2C)CC1. The van der Waals surface area contributed by atoms with Crippen LogP contribution in [0.4, 0.5) is 0 Å². The molecular formula is C16H21BrO. The Hall–Kier alpha value is -0.630. The quantitative estimate of drug-likeness (QED) is 0.705. The monoisotopic (exact) mass is 308 g/mol. The molecule has 1 aliphatic carbocycles. The van der Waals surface area contributed by atoms with E-state index in [2.05, 4.69) is 22.9 Å². The molecule has 1 saturated carbocycles. The third-order valence-corrected chi connectivity index (χ3v) is 5.19. The lowest BCUT2D eigenvalue weighted by Crippen LogP contribution is -2.22. The van der Waals surface area contributed by atoms with Gasteiger partial charge in [-0.05, 0) is 50.2 Å². The first-order valence-electron chi connectivity index (χ1n) is 6.92. The molecule has 2 heteroatoms. The number of Topliss-reactive ketones (excluding diaryl/α,β-unsaturated/α-hetero) is 1. The minimum atomic E-state index is 0.251. The van der Waals surface area contributed by atoms with E-state index in [-0.39, 0.29) is 5.92 Å². The second-order valence-electron chi connectivity index (χ2n) is 5.40. The van der Waals surface area contributed by atoms with Gasteiger partial charge in [0.2, 0.25) is 0 Å². The van der Waals surface area contributed by atoms with E-state index >= 15 is 0 Å². The average molecular weight is 309 g/mol. The molecule has 18 heavy (non-hydrogen) atoms. The Morgan fingerprint density at radius 3 is 2.56 bits per heavy atom. The highest BCUT2D eigenvalue weighted by atomic mass is 79.9. The maximum Gasteiger partial charge on any atom is 0.166 e. The lowest BCUT2D eigenvalue weighted by atomic mass is 9.77. The summed E-state index contributed by atoms with van der Waals surface area (Å²) in [7, 11) is 0. The minimum Gasteiger partial charge on any atom is -0.294 e. The maximum atomic E-state index is 12.5. The molecule has 0 radical (unpaired) electrons. The number of halogens is 1. The van der Waals surface area contributed by atoms with Crippen molar-refractivity contribution >= 4 is 21.7 Å². The zero-order valence-electron chi connectivity index (χ0n) is 11.2. The smallest absolute Gasteiger partial charge is 0.166 e. The summed E-state index contributed by atoms with van der Waals surface area (Å²) in [5.74, 6) is 1.45. The average Bonchev–Trinajstić information content (AvgIpc) is 2.41. The van der Waals surface area contributed by atoms with Crippen molar-refractivity contribution in [2.45, 2.75) is 46.0 Å². The number of carbonyl (C=O) groups excluding carboxylic acids is 1. The molecule has 0 atom stereocenters. The molecule has 0 spiro atoms. The molecule has 0 aromatic heterocycles. The van der Waals surface area contributed by atoms with Crippen LogP contribution in [0.1, 0.15) is 54.9 Å².